The van der Waals surface area contributed by atoms with Crippen LogP contribution in [0.2, 0.25) is 0 Å². The summed E-state index contributed by atoms with van der Waals surface area (Å²) in [5.74, 6) is 0. The first-order valence-corrected chi connectivity index (χ1v) is 8.19. The second kappa shape index (κ2) is 16.5. The van der Waals surface area contributed by atoms with Crippen LogP contribution < -0.4 is 0 Å². The fourth-order valence-corrected chi connectivity index (χ4v) is 2.21. The Labute approximate surface area is 116 Å². The molecule has 0 aliphatic carbocycles. The molecule has 0 rings (SSSR count). The first kappa shape index (κ1) is 17.5. The second-order valence-electron chi connectivity index (χ2n) is 5.28. The van der Waals surface area contributed by atoms with E-state index in [4.69, 9.17) is 0 Å². The molecule has 0 aliphatic heterocycles. The van der Waals surface area contributed by atoms with Gasteiger partial charge in [-0.2, -0.15) is 0 Å². The van der Waals surface area contributed by atoms with Gasteiger partial charge in [0, 0.05) is 0 Å². The normalized spacial score (nSPS) is 11.9. The molecule has 0 nitrogen and oxygen atoms in total. The van der Waals surface area contributed by atoms with Gasteiger partial charge in [-0.25, -0.2) is 0 Å². The first-order valence-electron chi connectivity index (χ1n) is 8.19. The molecule has 18 heavy (non-hydrogen) atoms. The summed E-state index contributed by atoms with van der Waals surface area (Å²) in [7, 11) is 0. The van der Waals surface area contributed by atoms with Crippen molar-refractivity contribution in [2.24, 2.45) is 0 Å². The zero-order valence-electron chi connectivity index (χ0n) is 12.8. The molecule has 106 valence electrons. The summed E-state index contributed by atoms with van der Waals surface area (Å²) in [6.07, 6.45) is 25.7. The smallest absolute Gasteiger partial charge is 0.0348 e. The van der Waals surface area contributed by atoms with E-state index in [-0.39, 0.29) is 0 Å². The van der Waals surface area contributed by atoms with E-state index < -0.39 is 0 Å². The van der Waals surface area contributed by atoms with Crippen LogP contribution in [0.25, 0.3) is 0 Å². The van der Waals surface area contributed by atoms with E-state index in [0.29, 0.717) is 0 Å². The third kappa shape index (κ3) is 15.5. The SMILES string of the molecule is CC=C/C=C/CCCCCCCCCCCCC. The molecule has 0 aromatic heterocycles. The number of hydrogen-bond acceptors (Lipinski definition) is 0. The van der Waals surface area contributed by atoms with Crippen LogP contribution in [-0.4, -0.2) is 0 Å². The van der Waals surface area contributed by atoms with Crippen LogP contribution in [0.1, 0.15) is 90.9 Å². The average Bonchev–Trinajstić information content (AvgIpc) is 2.39. The summed E-state index contributed by atoms with van der Waals surface area (Å²) >= 11 is 0. The third-order valence-electron chi connectivity index (χ3n) is 3.41. The molecule has 0 amide bonds. The van der Waals surface area contributed by atoms with Gasteiger partial charge < -0.3 is 0 Å². The minimum absolute atomic E-state index is 1.25. The highest BCUT2D eigenvalue weighted by atomic mass is 14.0. The molecule has 0 heterocycles. The molecule has 0 bridgehead atoms. The first-order chi connectivity index (χ1) is 8.91. The predicted octanol–water partition coefficient (Wildman–Crippen LogP) is 6.82. The molecule has 0 unspecified atom stereocenters. The molecule has 0 spiro atoms. The van der Waals surface area contributed by atoms with Gasteiger partial charge in [0.1, 0.15) is 0 Å². The highest BCUT2D eigenvalue weighted by molar-refractivity contribution is 5.00. The lowest BCUT2D eigenvalue weighted by Gasteiger charge is -2.01. The molecule has 0 heteroatoms. The predicted molar refractivity (Wildman–Crippen MR) is 85.0 cm³/mol. The van der Waals surface area contributed by atoms with Crippen molar-refractivity contribution < 1.29 is 0 Å². The van der Waals surface area contributed by atoms with Crippen LogP contribution in [0, 0.1) is 0 Å². The Morgan fingerprint density at radius 3 is 1.61 bits per heavy atom. The molecular weight excluding hydrogens is 216 g/mol. The lowest BCUT2D eigenvalue weighted by atomic mass is 10.1. The molecule has 0 atom stereocenters. The minimum atomic E-state index is 1.25. The Hall–Kier alpha value is -0.520. The van der Waals surface area contributed by atoms with E-state index in [1.54, 1.807) is 0 Å². The van der Waals surface area contributed by atoms with Crippen molar-refractivity contribution in [3.05, 3.63) is 24.3 Å². The van der Waals surface area contributed by atoms with Gasteiger partial charge in [0.05, 0.1) is 0 Å². The van der Waals surface area contributed by atoms with Crippen molar-refractivity contribution in [1.82, 2.24) is 0 Å². The maximum Gasteiger partial charge on any atom is -0.0348 e. The zero-order valence-corrected chi connectivity index (χ0v) is 12.8. The maximum absolute atomic E-state index is 2.29. The summed E-state index contributed by atoms with van der Waals surface area (Å²) in [5.41, 5.74) is 0. The van der Waals surface area contributed by atoms with E-state index in [0.717, 1.165) is 0 Å². The summed E-state index contributed by atoms with van der Waals surface area (Å²) in [6, 6.07) is 0. The van der Waals surface area contributed by atoms with Gasteiger partial charge in [0.15, 0.2) is 0 Å². The van der Waals surface area contributed by atoms with Gasteiger partial charge in [0.2, 0.25) is 0 Å². The highest BCUT2D eigenvalue weighted by Crippen LogP contribution is 2.11. The van der Waals surface area contributed by atoms with E-state index in [1.807, 2.05) is 0 Å². The van der Waals surface area contributed by atoms with Crippen LogP contribution in [0.5, 0.6) is 0 Å². The number of hydrogen-bond donors (Lipinski definition) is 0. The molecule has 0 aliphatic rings. The van der Waals surface area contributed by atoms with Crippen molar-refractivity contribution in [3.63, 3.8) is 0 Å². The van der Waals surface area contributed by atoms with E-state index in [1.165, 1.54) is 77.0 Å². The third-order valence-corrected chi connectivity index (χ3v) is 3.41. The molecule has 0 saturated carbocycles. The Morgan fingerprint density at radius 1 is 0.611 bits per heavy atom. The minimum Gasteiger partial charge on any atom is -0.0877 e. The maximum atomic E-state index is 2.29. The lowest BCUT2D eigenvalue weighted by Crippen LogP contribution is -1.81. The second-order valence-corrected chi connectivity index (χ2v) is 5.28. The quantitative estimate of drug-likeness (QED) is 0.248. The molecule has 0 saturated heterocycles. The Kier molecular flexibility index (Phi) is 16.0. The molecular formula is C18H34. The van der Waals surface area contributed by atoms with Crippen LogP contribution >= 0.6 is 0 Å². The van der Waals surface area contributed by atoms with Gasteiger partial charge in [-0.1, -0.05) is 95.4 Å². The topological polar surface area (TPSA) is 0 Å². The van der Waals surface area contributed by atoms with Crippen LogP contribution in [0.3, 0.4) is 0 Å². The molecule has 0 fully saturated rings. The van der Waals surface area contributed by atoms with Crippen LogP contribution in [-0.2, 0) is 0 Å². The summed E-state index contributed by atoms with van der Waals surface area (Å²) in [6.45, 7) is 4.35. The largest absolute Gasteiger partial charge is 0.0877 e. The van der Waals surface area contributed by atoms with E-state index in [2.05, 4.69) is 38.2 Å². The lowest BCUT2D eigenvalue weighted by molar-refractivity contribution is 0.550. The Morgan fingerprint density at radius 2 is 1.11 bits per heavy atom. The Balaban J connectivity index is 2.98. The van der Waals surface area contributed by atoms with Gasteiger partial charge in [0.25, 0.3) is 0 Å². The summed E-state index contributed by atoms with van der Waals surface area (Å²) in [4.78, 5) is 0. The van der Waals surface area contributed by atoms with Crippen molar-refractivity contribution >= 4 is 0 Å². The standard InChI is InChI=1S/C18H34/c1-3-5-7-9-11-13-15-17-18-16-14-12-10-8-6-4-2/h3,5,7,9H,4,6,8,10-18H2,1-2H3/b5-3?,9-7+. The summed E-state index contributed by atoms with van der Waals surface area (Å²) in [5, 5.41) is 0. The molecule has 0 N–H and O–H groups in total. The van der Waals surface area contributed by atoms with Crippen LogP contribution in [0.15, 0.2) is 24.3 Å². The van der Waals surface area contributed by atoms with Crippen molar-refractivity contribution in [2.75, 3.05) is 0 Å². The van der Waals surface area contributed by atoms with Crippen molar-refractivity contribution in [3.8, 4) is 0 Å². The number of allylic oxidation sites excluding steroid dienone is 4. The van der Waals surface area contributed by atoms with Crippen molar-refractivity contribution in [1.29, 1.82) is 0 Å². The van der Waals surface area contributed by atoms with E-state index in [9.17, 15) is 0 Å². The fourth-order valence-electron chi connectivity index (χ4n) is 2.21. The Bertz CT molecular complexity index is 188. The number of rotatable bonds is 13. The van der Waals surface area contributed by atoms with Gasteiger partial charge in [-0.15, -0.1) is 0 Å². The van der Waals surface area contributed by atoms with Crippen molar-refractivity contribution in [2.45, 2.75) is 90.9 Å². The van der Waals surface area contributed by atoms with Gasteiger partial charge >= 0.3 is 0 Å². The van der Waals surface area contributed by atoms with Crippen LogP contribution in [0.4, 0.5) is 0 Å². The molecule has 0 aromatic rings. The molecule has 0 aromatic carbocycles. The highest BCUT2D eigenvalue weighted by Gasteiger charge is 1.92. The number of unbranched alkanes of at least 4 members (excludes halogenated alkanes) is 11. The summed E-state index contributed by atoms with van der Waals surface area (Å²) < 4.78 is 0. The average molecular weight is 250 g/mol. The fraction of sp³-hybridized carbons (Fsp3) is 0.778. The van der Waals surface area contributed by atoms with Gasteiger partial charge in [-0.3, -0.25) is 0 Å². The monoisotopic (exact) mass is 250 g/mol. The van der Waals surface area contributed by atoms with E-state index >= 15 is 0 Å². The zero-order chi connectivity index (χ0) is 13.3. The van der Waals surface area contributed by atoms with Gasteiger partial charge in [-0.05, 0) is 19.8 Å². The molecule has 0 radical (unpaired) electrons.